The van der Waals surface area contributed by atoms with Crippen LogP contribution in [0.3, 0.4) is 0 Å². The van der Waals surface area contributed by atoms with Crippen molar-refractivity contribution in [2.24, 2.45) is 4.99 Å². The summed E-state index contributed by atoms with van der Waals surface area (Å²) in [6.07, 6.45) is 1.59. The summed E-state index contributed by atoms with van der Waals surface area (Å²) in [4.78, 5) is 26.9. The van der Waals surface area contributed by atoms with Crippen LogP contribution in [0.2, 0.25) is 0 Å². The van der Waals surface area contributed by atoms with Gasteiger partial charge < -0.3 is 10.0 Å². The predicted molar refractivity (Wildman–Crippen MR) is 64.2 cm³/mol. The molecule has 1 rings (SSSR count). The fourth-order valence-corrected chi connectivity index (χ4v) is 1.18. The van der Waals surface area contributed by atoms with E-state index in [4.69, 9.17) is 5.11 Å². The molecule has 5 nitrogen and oxygen atoms in total. The molecule has 0 radical (unpaired) electrons. The summed E-state index contributed by atoms with van der Waals surface area (Å²) >= 11 is 0. The molecule has 0 fully saturated rings. The number of aliphatic carboxylic acids is 1. The third kappa shape index (κ3) is 6.54. The zero-order valence-corrected chi connectivity index (χ0v) is 12.5. The van der Waals surface area contributed by atoms with E-state index in [1.807, 2.05) is 30.3 Å². The average molecular weight is 257 g/mol. The van der Waals surface area contributed by atoms with Crippen LogP contribution in [0, 0.1) is 0 Å². The first-order valence-corrected chi connectivity index (χ1v) is 5.10. The SMILES string of the molecule is CN(CC(=O)O)C(=O)CN=Cc1ccccc1.[Na+]. The van der Waals surface area contributed by atoms with E-state index in [9.17, 15) is 9.59 Å². The summed E-state index contributed by atoms with van der Waals surface area (Å²) in [5.74, 6) is -1.35. The third-order valence-electron chi connectivity index (χ3n) is 2.06. The summed E-state index contributed by atoms with van der Waals surface area (Å²) in [5, 5.41) is 8.50. The molecule has 0 unspecified atom stereocenters. The monoisotopic (exact) mass is 257 g/mol. The number of aliphatic imine (C=N–C) groups is 1. The molecule has 0 spiro atoms. The second-order valence-corrected chi connectivity index (χ2v) is 3.52. The molecule has 1 amide bonds. The van der Waals surface area contributed by atoms with Crippen LogP contribution in [0.1, 0.15) is 5.56 Å². The summed E-state index contributed by atoms with van der Waals surface area (Å²) in [6, 6.07) is 9.38. The Morgan fingerprint density at radius 1 is 1.33 bits per heavy atom. The Labute approximate surface area is 128 Å². The number of amides is 1. The first kappa shape index (κ1) is 16.8. The molecule has 0 aliphatic heterocycles. The molecule has 1 aromatic rings. The van der Waals surface area contributed by atoms with Crippen LogP contribution in [-0.4, -0.2) is 48.2 Å². The standard InChI is InChI=1S/C12H14N2O3.Na/c1-14(9-12(16)17)11(15)8-13-7-10-5-3-2-4-6-10;/h2-7H,8-9H2,1H3,(H,16,17);/q;+1. The molecule has 18 heavy (non-hydrogen) atoms. The molecule has 6 heteroatoms. The molecule has 0 aliphatic rings. The van der Waals surface area contributed by atoms with E-state index in [0.29, 0.717) is 0 Å². The van der Waals surface area contributed by atoms with Crippen molar-refractivity contribution < 1.29 is 44.3 Å². The second-order valence-electron chi connectivity index (χ2n) is 3.52. The minimum Gasteiger partial charge on any atom is -0.480 e. The summed E-state index contributed by atoms with van der Waals surface area (Å²) < 4.78 is 0. The van der Waals surface area contributed by atoms with Gasteiger partial charge in [0.2, 0.25) is 5.91 Å². The maximum atomic E-state index is 11.4. The molecular weight excluding hydrogens is 243 g/mol. The van der Waals surface area contributed by atoms with Gasteiger partial charge in [-0.05, 0) is 5.56 Å². The summed E-state index contributed by atoms with van der Waals surface area (Å²) in [7, 11) is 1.44. The van der Waals surface area contributed by atoms with Crippen molar-refractivity contribution in [3.8, 4) is 0 Å². The van der Waals surface area contributed by atoms with E-state index in [1.165, 1.54) is 7.05 Å². The Kier molecular flexibility index (Phi) is 8.28. The molecule has 1 aromatic carbocycles. The predicted octanol–water partition coefficient (Wildman–Crippen LogP) is -2.35. The van der Waals surface area contributed by atoms with Crippen LogP contribution in [0.25, 0.3) is 0 Å². The molecule has 0 atom stereocenters. The fraction of sp³-hybridized carbons (Fsp3) is 0.250. The third-order valence-corrected chi connectivity index (χ3v) is 2.06. The van der Waals surface area contributed by atoms with Crippen LogP contribution in [0.5, 0.6) is 0 Å². The Morgan fingerprint density at radius 2 is 1.94 bits per heavy atom. The topological polar surface area (TPSA) is 70.0 Å². The molecule has 0 saturated heterocycles. The van der Waals surface area contributed by atoms with E-state index >= 15 is 0 Å². The van der Waals surface area contributed by atoms with Gasteiger partial charge in [0.1, 0.15) is 13.1 Å². The van der Waals surface area contributed by atoms with Gasteiger partial charge >= 0.3 is 35.5 Å². The van der Waals surface area contributed by atoms with Gasteiger partial charge in [0.05, 0.1) is 0 Å². The van der Waals surface area contributed by atoms with Gasteiger partial charge in [0.25, 0.3) is 0 Å². The maximum Gasteiger partial charge on any atom is 1.00 e. The number of hydrogen-bond acceptors (Lipinski definition) is 3. The quantitative estimate of drug-likeness (QED) is 0.474. The largest absolute Gasteiger partial charge is 1.00 e. The minimum absolute atomic E-state index is 0. The van der Waals surface area contributed by atoms with E-state index in [-0.39, 0.29) is 48.6 Å². The number of hydrogen-bond donors (Lipinski definition) is 1. The normalized spacial score (nSPS) is 9.83. The molecule has 90 valence electrons. The second kappa shape index (κ2) is 8.85. The van der Waals surface area contributed by atoms with Gasteiger partial charge in [0.15, 0.2) is 0 Å². The Morgan fingerprint density at radius 3 is 2.50 bits per heavy atom. The van der Waals surface area contributed by atoms with Gasteiger partial charge in [-0.2, -0.15) is 0 Å². The van der Waals surface area contributed by atoms with Crippen LogP contribution >= 0.6 is 0 Å². The van der Waals surface area contributed by atoms with Gasteiger partial charge in [-0.25, -0.2) is 0 Å². The van der Waals surface area contributed by atoms with E-state index in [0.717, 1.165) is 10.5 Å². The van der Waals surface area contributed by atoms with Crippen molar-refractivity contribution >= 4 is 18.1 Å². The van der Waals surface area contributed by atoms with Crippen LogP contribution in [0.4, 0.5) is 0 Å². The van der Waals surface area contributed by atoms with Crippen LogP contribution < -0.4 is 29.6 Å². The van der Waals surface area contributed by atoms with E-state index < -0.39 is 5.97 Å². The first-order valence-electron chi connectivity index (χ1n) is 5.10. The number of carbonyl (C=O) groups excluding carboxylic acids is 1. The maximum absolute atomic E-state index is 11.4. The molecule has 0 saturated carbocycles. The number of benzene rings is 1. The molecule has 0 aliphatic carbocycles. The van der Waals surface area contributed by atoms with Gasteiger partial charge in [0, 0.05) is 13.3 Å². The van der Waals surface area contributed by atoms with Gasteiger partial charge in [-0.1, -0.05) is 30.3 Å². The van der Waals surface area contributed by atoms with Crippen molar-refractivity contribution in [3.63, 3.8) is 0 Å². The van der Waals surface area contributed by atoms with Crippen LogP contribution in [-0.2, 0) is 9.59 Å². The number of carboxylic acids is 1. The summed E-state index contributed by atoms with van der Waals surface area (Å²) in [6.45, 7) is -0.349. The zero-order valence-electron chi connectivity index (χ0n) is 10.5. The van der Waals surface area contributed by atoms with Crippen molar-refractivity contribution in [3.05, 3.63) is 35.9 Å². The molecule has 0 aromatic heterocycles. The molecular formula is C12H14N2NaO3+. The fourth-order valence-electron chi connectivity index (χ4n) is 1.18. The molecule has 0 heterocycles. The average Bonchev–Trinajstić information content (AvgIpc) is 2.29. The number of likely N-dealkylation sites (N-methyl/N-ethyl adjacent to an activating group) is 1. The Balaban J connectivity index is 0.00000289. The first-order chi connectivity index (χ1) is 8.09. The molecule has 1 N–H and O–H groups in total. The Bertz CT molecular complexity index is 421. The number of nitrogens with zero attached hydrogens (tertiary/aromatic N) is 2. The van der Waals surface area contributed by atoms with Crippen molar-refractivity contribution in [2.75, 3.05) is 20.1 Å². The van der Waals surface area contributed by atoms with Gasteiger partial charge in [-0.3, -0.25) is 14.6 Å². The smallest absolute Gasteiger partial charge is 0.480 e. The van der Waals surface area contributed by atoms with Gasteiger partial charge in [-0.15, -0.1) is 0 Å². The van der Waals surface area contributed by atoms with E-state index in [2.05, 4.69) is 4.99 Å². The number of rotatable bonds is 5. The van der Waals surface area contributed by atoms with Crippen molar-refractivity contribution in [2.45, 2.75) is 0 Å². The van der Waals surface area contributed by atoms with Crippen molar-refractivity contribution in [1.29, 1.82) is 0 Å². The number of carboxylic acid groups (broad SMARTS) is 1. The minimum atomic E-state index is -1.03. The molecule has 0 bridgehead atoms. The number of carbonyl (C=O) groups is 2. The Hall–Kier alpha value is -1.17. The van der Waals surface area contributed by atoms with Crippen molar-refractivity contribution in [1.82, 2.24) is 4.90 Å². The van der Waals surface area contributed by atoms with E-state index in [1.54, 1.807) is 6.21 Å². The zero-order chi connectivity index (χ0) is 12.7. The van der Waals surface area contributed by atoms with Crippen LogP contribution in [0.15, 0.2) is 35.3 Å². The summed E-state index contributed by atoms with van der Waals surface area (Å²) in [5.41, 5.74) is 0.904.